The highest BCUT2D eigenvalue weighted by Crippen LogP contribution is 2.28. The van der Waals surface area contributed by atoms with Gasteiger partial charge >= 0.3 is 23.9 Å². The molecule has 0 saturated carbocycles. The Kier molecular flexibility index (Phi) is 11.9. The van der Waals surface area contributed by atoms with E-state index in [1.807, 2.05) is 24.3 Å². The van der Waals surface area contributed by atoms with Gasteiger partial charge in [-0.1, -0.05) is 84.9 Å². The largest absolute Gasteiger partial charge is 0.478 e. The fourth-order valence-electron chi connectivity index (χ4n) is 4.31. The number of carbonyl (C=O) groups is 4. The van der Waals surface area contributed by atoms with Crippen LogP contribution in [0.25, 0.3) is 0 Å². The zero-order chi connectivity index (χ0) is 32.2. The van der Waals surface area contributed by atoms with Crippen LogP contribution in [-0.4, -0.2) is 46.3 Å². The van der Waals surface area contributed by atoms with Crippen molar-refractivity contribution in [2.24, 2.45) is 11.5 Å². The average molecular weight is 599 g/mol. The van der Waals surface area contributed by atoms with Crippen molar-refractivity contribution >= 4 is 23.9 Å². The number of hydrogen-bond acceptors (Lipinski definition) is 8. The molecule has 44 heavy (non-hydrogen) atoms. The van der Waals surface area contributed by atoms with Crippen molar-refractivity contribution in [2.45, 2.75) is 38.1 Å². The van der Waals surface area contributed by atoms with Gasteiger partial charge in [0.2, 0.25) is 12.2 Å². The molecule has 10 heteroatoms. The molecular weight excluding hydrogens is 564 g/mol. The summed E-state index contributed by atoms with van der Waals surface area (Å²) in [5, 5.41) is 18.5. The van der Waals surface area contributed by atoms with Crippen LogP contribution in [0.4, 0.5) is 0 Å². The first-order chi connectivity index (χ1) is 21.0. The van der Waals surface area contributed by atoms with E-state index in [9.17, 15) is 29.4 Å². The van der Waals surface area contributed by atoms with Gasteiger partial charge in [0.15, 0.2) is 0 Å². The molecule has 4 aromatic rings. The van der Waals surface area contributed by atoms with Gasteiger partial charge in [-0.15, -0.1) is 0 Å². The van der Waals surface area contributed by atoms with E-state index < -0.39 is 36.1 Å². The summed E-state index contributed by atoms with van der Waals surface area (Å²) >= 11 is 0. The maximum absolute atomic E-state index is 12.0. The molecule has 10 nitrogen and oxygen atoms in total. The minimum absolute atomic E-state index is 0.0253. The predicted molar refractivity (Wildman–Crippen MR) is 163 cm³/mol. The summed E-state index contributed by atoms with van der Waals surface area (Å²) in [5.41, 5.74) is 17.3. The van der Waals surface area contributed by atoms with E-state index in [-0.39, 0.29) is 23.2 Å². The molecule has 0 amide bonds. The second kappa shape index (κ2) is 15.8. The van der Waals surface area contributed by atoms with Gasteiger partial charge in [0.25, 0.3) is 0 Å². The van der Waals surface area contributed by atoms with Gasteiger partial charge in [0, 0.05) is 12.1 Å². The van der Waals surface area contributed by atoms with Crippen molar-refractivity contribution in [3.63, 3.8) is 0 Å². The third kappa shape index (κ3) is 8.84. The van der Waals surface area contributed by atoms with Crippen LogP contribution < -0.4 is 11.5 Å². The zero-order valence-electron chi connectivity index (χ0n) is 24.2. The summed E-state index contributed by atoms with van der Waals surface area (Å²) in [7, 11) is 0. The van der Waals surface area contributed by atoms with E-state index in [1.54, 1.807) is 12.1 Å². The van der Waals surface area contributed by atoms with Crippen LogP contribution >= 0.6 is 0 Å². The molecule has 6 N–H and O–H groups in total. The van der Waals surface area contributed by atoms with Crippen LogP contribution in [0, 0.1) is 13.8 Å². The smallest absolute Gasteiger partial charge is 0.349 e. The quantitative estimate of drug-likeness (QED) is 0.188. The molecule has 0 aliphatic heterocycles. The monoisotopic (exact) mass is 598 g/mol. The molecule has 0 fully saturated rings. The number of aryl methyl sites for hydroxylation is 2. The van der Waals surface area contributed by atoms with Gasteiger partial charge in [-0.3, -0.25) is 0 Å². The molecule has 228 valence electrons. The molecule has 0 unspecified atom stereocenters. The van der Waals surface area contributed by atoms with Crippen LogP contribution in [0.3, 0.4) is 0 Å². The number of carboxylic acid groups (broad SMARTS) is 2. The van der Waals surface area contributed by atoms with Crippen LogP contribution in [0.2, 0.25) is 0 Å². The highest BCUT2D eigenvalue weighted by atomic mass is 16.6. The Balaban J connectivity index is 0.000000257. The first-order valence-electron chi connectivity index (χ1n) is 13.6. The number of aliphatic carboxylic acids is 2. The van der Waals surface area contributed by atoms with Crippen LogP contribution in [0.5, 0.6) is 0 Å². The van der Waals surface area contributed by atoms with Crippen molar-refractivity contribution in [2.75, 3.05) is 0 Å². The number of benzene rings is 4. The molecule has 0 spiro atoms. The second-order valence-electron chi connectivity index (χ2n) is 9.83. The van der Waals surface area contributed by atoms with Crippen molar-refractivity contribution in [1.82, 2.24) is 0 Å². The van der Waals surface area contributed by atoms with Gasteiger partial charge < -0.3 is 31.2 Å². The minimum Gasteiger partial charge on any atom is -0.478 e. The van der Waals surface area contributed by atoms with Crippen molar-refractivity contribution < 1.29 is 38.9 Å². The van der Waals surface area contributed by atoms with E-state index in [2.05, 4.69) is 38.1 Å². The van der Waals surface area contributed by atoms with Crippen LogP contribution in [-0.2, 0) is 19.1 Å². The molecule has 0 radical (unpaired) electrons. The second-order valence-corrected chi connectivity index (χ2v) is 9.83. The Morgan fingerprint density at radius 2 is 0.818 bits per heavy atom. The van der Waals surface area contributed by atoms with Gasteiger partial charge in [0.05, 0.1) is 11.1 Å². The Labute approximate surface area is 254 Å². The zero-order valence-corrected chi connectivity index (χ0v) is 24.2. The summed E-state index contributed by atoms with van der Waals surface area (Å²) in [6.07, 6.45) is -4.43. The number of esters is 2. The summed E-state index contributed by atoms with van der Waals surface area (Å²) in [5.74, 6) is -5.63. The topological polar surface area (TPSA) is 179 Å². The summed E-state index contributed by atoms with van der Waals surface area (Å²) in [6.45, 7) is 4.14. The van der Waals surface area contributed by atoms with E-state index >= 15 is 0 Å². The lowest BCUT2D eigenvalue weighted by molar-refractivity contribution is -0.166. The lowest BCUT2D eigenvalue weighted by atomic mass is 9.90. The molecule has 0 saturated heterocycles. The Morgan fingerprint density at radius 3 is 1.11 bits per heavy atom. The fraction of sp³-hybridized carbons (Fsp3) is 0.176. The molecular formula is C34H34N2O8. The van der Waals surface area contributed by atoms with E-state index in [0.29, 0.717) is 0 Å². The number of hydrogen-bond donors (Lipinski definition) is 4. The van der Waals surface area contributed by atoms with Gasteiger partial charge in [-0.25, -0.2) is 19.2 Å². The van der Waals surface area contributed by atoms with E-state index in [1.165, 1.54) is 59.7 Å². The summed E-state index contributed by atoms with van der Waals surface area (Å²) in [4.78, 5) is 46.8. The molecule has 4 atom stereocenters. The van der Waals surface area contributed by atoms with Crippen LogP contribution in [0.15, 0.2) is 109 Å². The van der Waals surface area contributed by atoms with E-state index in [4.69, 9.17) is 20.9 Å². The summed E-state index contributed by atoms with van der Waals surface area (Å²) in [6, 6.07) is 30.8. The molecule has 4 rings (SSSR count). The standard InChI is InChI=1S/C18H14O8.C16H20N2/c19-15(20)13(25-17(23)11-7-3-1-4-8-11)14(16(21)22)26-18(24)12-9-5-2-6-10-12;1-11-7-3-5-9-13(11)15(17)16(18)14-10-6-4-8-12(14)2/h1-10,13-14H,(H,19,20)(H,21,22);3-10,15-16H,17-18H2,1-2H3/t13-,14-;15-,16-/m01/s1. The van der Waals surface area contributed by atoms with Gasteiger partial charge in [0.1, 0.15) is 0 Å². The third-order valence-corrected chi connectivity index (χ3v) is 6.73. The fourth-order valence-corrected chi connectivity index (χ4v) is 4.31. The number of rotatable bonds is 10. The Bertz CT molecular complexity index is 1460. The highest BCUT2D eigenvalue weighted by molar-refractivity contribution is 5.95. The van der Waals surface area contributed by atoms with E-state index in [0.717, 1.165) is 11.1 Å². The molecule has 0 bridgehead atoms. The number of carbonyl (C=O) groups excluding carboxylic acids is 2. The summed E-state index contributed by atoms with van der Waals surface area (Å²) < 4.78 is 9.52. The highest BCUT2D eigenvalue weighted by Gasteiger charge is 2.41. The molecule has 4 aromatic carbocycles. The molecule has 0 aliphatic carbocycles. The molecule has 0 heterocycles. The number of carboxylic acids is 2. The molecule has 0 aromatic heterocycles. The minimum atomic E-state index is -2.21. The number of nitrogens with two attached hydrogens (primary N) is 2. The maximum atomic E-state index is 12.0. The normalized spacial score (nSPS) is 13.2. The van der Waals surface area contributed by atoms with Gasteiger partial charge in [-0.05, 0) is 60.4 Å². The van der Waals surface area contributed by atoms with Crippen molar-refractivity contribution in [3.05, 3.63) is 143 Å². The lowest BCUT2D eigenvalue weighted by Crippen LogP contribution is -2.45. The first kappa shape index (κ1) is 33.2. The first-order valence-corrected chi connectivity index (χ1v) is 13.6. The van der Waals surface area contributed by atoms with Crippen molar-refractivity contribution in [1.29, 1.82) is 0 Å². The maximum Gasteiger partial charge on any atom is 0.349 e. The van der Waals surface area contributed by atoms with Gasteiger partial charge in [-0.2, -0.15) is 0 Å². The average Bonchev–Trinajstić information content (AvgIpc) is 3.03. The Hall–Kier alpha value is -5.32. The van der Waals surface area contributed by atoms with Crippen molar-refractivity contribution in [3.8, 4) is 0 Å². The molecule has 0 aliphatic rings. The SMILES string of the molecule is Cc1ccccc1[C@@H](N)[C@H](N)c1ccccc1C.O=C(O[C@H](C(=O)O)[C@H](OC(=O)c1ccccc1)C(=O)O)c1ccccc1. The number of ether oxygens (including phenoxy) is 2. The van der Waals surface area contributed by atoms with Crippen LogP contribution in [0.1, 0.15) is 55.1 Å². The lowest BCUT2D eigenvalue weighted by Gasteiger charge is -2.23. The predicted octanol–water partition coefficient (Wildman–Crippen LogP) is 4.61. The third-order valence-electron chi connectivity index (χ3n) is 6.73. The Morgan fingerprint density at radius 1 is 0.523 bits per heavy atom.